The summed E-state index contributed by atoms with van der Waals surface area (Å²) in [7, 11) is 0. The van der Waals surface area contributed by atoms with Crippen molar-refractivity contribution in [3.8, 4) is 11.8 Å². The van der Waals surface area contributed by atoms with Crippen molar-refractivity contribution in [2.75, 3.05) is 11.9 Å². The average molecular weight is 360 g/mol. The van der Waals surface area contributed by atoms with Gasteiger partial charge in [-0.2, -0.15) is 18.4 Å². The van der Waals surface area contributed by atoms with Crippen LogP contribution in [0.15, 0.2) is 54.1 Å². The van der Waals surface area contributed by atoms with Crippen LogP contribution in [-0.2, 0) is 11.0 Å². The number of hydrogen-bond donors (Lipinski definition) is 1. The maximum atomic E-state index is 13.0. The molecule has 4 nitrogen and oxygen atoms in total. The van der Waals surface area contributed by atoms with Crippen LogP contribution in [0.5, 0.6) is 5.75 Å². The first-order valence-electron chi connectivity index (χ1n) is 7.67. The topological polar surface area (TPSA) is 62.1 Å². The van der Waals surface area contributed by atoms with Gasteiger partial charge in [-0.05, 0) is 48.9 Å². The summed E-state index contributed by atoms with van der Waals surface area (Å²) in [6.45, 7) is 2.32. The summed E-state index contributed by atoms with van der Waals surface area (Å²) in [6, 6.07) is 12.8. The lowest BCUT2D eigenvalue weighted by Crippen LogP contribution is -2.14. The van der Waals surface area contributed by atoms with Crippen molar-refractivity contribution in [3.05, 3.63) is 65.2 Å². The number of rotatable bonds is 5. The first-order valence-corrected chi connectivity index (χ1v) is 7.67. The number of ether oxygens (including phenoxy) is 1. The maximum absolute atomic E-state index is 13.0. The molecule has 0 aliphatic carbocycles. The Morgan fingerprint density at radius 3 is 2.42 bits per heavy atom. The molecule has 0 radical (unpaired) electrons. The third-order valence-electron chi connectivity index (χ3n) is 3.35. The molecule has 1 amide bonds. The van der Waals surface area contributed by atoms with E-state index in [1.165, 1.54) is 18.2 Å². The van der Waals surface area contributed by atoms with Gasteiger partial charge in [0, 0.05) is 5.69 Å². The Labute approximate surface area is 148 Å². The molecule has 7 heteroatoms. The van der Waals surface area contributed by atoms with E-state index < -0.39 is 23.2 Å². The molecule has 2 rings (SSSR count). The lowest BCUT2D eigenvalue weighted by Gasteiger charge is -2.10. The SMILES string of the molecule is CCOc1ccc(NC(=O)/C(C#N)=C/c2ccccc2C(F)(F)F)cc1. The summed E-state index contributed by atoms with van der Waals surface area (Å²) in [5, 5.41) is 11.6. The van der Waals surface area contributed by atoms with Crippen molar-refractivity contribution >= 4 is 17.7 Å². The van der Waals surface area contributed by atoms with Gasteiger partial charge < -0.3 is 10.1 Å². The zero-order chi connectivity index (χ0) is 19.2. The quantitative estimate of drug-likeness (QED) is 0.624. The van der Waals surface area contributed by atoms with Crippen molar-refractivity contribution in [1.29, 1.82) is 5.26 Å². The van der Waals surface area contributed by atoms with Gasteiger partial charge in [-0.15, -0.1) is 0 Å². The molecule has 0 atom stereocenters. The molecule has 0 aromatic heterocycles. The third-order valence-corrected chi connectivity index (χ3v) is 3.35. The predicted octanol–water partition coefficient (Wildman–Crippen LogP) is 4.65. The lowest BCUT2D eigenvalue weighted by atomic mass is 10.0. The molecular formula is C19H15F3N2O2. The van der Waals surface area contributed by atoms with Crippen molar-refractivity contribution in [2.24, 2.45) is 0 Å². The predicted molar refractivity (Wildman–Crippen MR) is 91.3 cm³/mol. The molecule has 134 valence electrons. The smallest absolute Gasteiger partial charge is 0.416 e. The van der Waals surface area contributed by atoms with Crippen LogP contribution in [0.4, 0.5) is 18.9 Å². The summed E-state index contributed by atoms with van der Waals surface area (Å²) >= 11 is 0. The fourth-order valence-electron chi connectivity index (χ4n) is 2.18. The number of nitriles is 1. The van der Waals surface area contributed by atoms with E-state index in [0.717, 1.165) is 12.1 Å². The second kappa shape index (κ2) is 8.21. The molecule has 0 saturated heterocycles. The van der Waals surface area contributed by atoms with Crippen LogP contribution in [0.1, 0.15) is 18.1 Å². The number of alkyl halides is 3. The van der Waals surface area contributed by atoms with Crippen molar-refractivity contribution < 1.29 is 22.7 Å². The fourth-order valence-corrected chi connectivity index (χ4v) is 2.18. The van der Waals surface area contributed by atoms with E-state index in [-0.39, 0.29) is 5.56 Å². The van der Waals surface area contributed by atoms with Crippen molar-refractivity contribution in [1.82, 2.24) is 0 Å². The first-order chi connectivity index (χ1) is 12.3. The molecule has 0 aliphatic heterocycles. The molecule has 26 heavy (non-hydrogen) atoms. The van der Waals surface area contributed by atoms with Gasteiger partial charge in [0.25, 0.3) is 5.91 Å². The van der Waals surface area contributed by atoms with E-state index in [1.54, 1.807) is 30.3 Å². The second-order valence-electron chi connectivity index (χ2n) is 5.17. The van der Waals surface area contributed by atoms with E-state index >= 15 is 0 Å². The number of carbonyl (C=O) groups is 1. The first kappa shape index (κ1) is 19.1. The van der Waals surface area contributed by atoms with Crippen molar-refractivity contribution in [2.45, 2.75) is 13.1 Å². The van der Waals surface area contributed by atoms with Crippen LogP contribution >= 0.6 is 0 Å². The van der Waals surface area contributed by atoms with Gasteiger partial charge in [-0.1, -0.05) is 18.2 Å². The van der Waals surface area contributed by atoms with Crippen LogP contribution in [0.2, 0.25) is 0 Å². The molecule has 0 heterocycles. The minimum absolute atomic E-state index is 0.251. The fraction of sp³-hybridized carbons (Fsp3) is 0.158. The summed E-state index contributed by atoms with van der Waals surface area (Å²) in [4.78, 5) is 12.2. The van der Waals surface area contributed by atoms with E-state index in [2.05, 4.69) is 5.32 Å². The highest BCUT2D eigenvalue weighted by Crippen LogP contribution is 2.32. The Morgan fingerprint density at radius 2 is 1.85 bits per heavy atom. The highest BCUT2D eigenvalue weighted by molar-refractivity contribution is 6.09. The standard InChI is InChI=1S/C19H15F3N2O2/c1-2-26-16-9-7-15(8-10-16)24-18(25)14(12-23)11-13-5-3-4-6-17(13)19(20,21)22/h3-11H,2H2,1H3,(H,24,25)/b14-11+. The number of amides is 1. The monoisotopic (exact) mass is 360 g/mol. The highest BCUT2D eigenvalue weighted by Gasteiger charge is 2.32. The van der Waals surface area contributed by atoms with Crippen LogP contribution in [0.3, 0.4) is 0 Å². The Hall–Kier alpha value is -3.27. The van der Waals surface area contributed by atoms with Gasteiger partial charge in [0.15, 0.2) is 0 Å². The normalized spacial score (nSPS) is 11.6. The summed E-state index contributed by atoms with van der Waals surface area (Å²) in [5.41, 5.74) is -1.21. The molecular weight excluding hydrogens is 345 g/mol. The summed E-state index contributed by atoms with van der Waals surface area (Å²) in [5.74, 6) is -0.186. The third kappa shape index (κ3) is 4.86. The van der Waals surface area contributed by atoms with E-state index in [9.17, 15) is 18.0 Å². The second-order valence-corrected chi connectivity index (χ2v) is 5.17. The number of carbonyl (C=O) groups excluding carboxylic acids is 1. The number of nitrogens with zero attached hydrogens (tertiary/aromatic N) is 1. The van der Waals surface area contributed by atoms with E-state index in [1.807, 2.05) is 6.92 Å². The number of anilines is 1. The molecule has 0 bridgehead atoms. The zero-order valence-corrected chi connectivity index (χ0v) is 13.8. The Balaban J connectivity index is 2.24. The van der Waals surface area contributed by atoms with Gasteiger partial charge in [-0.25, -0.2) is 0 Å². The van der Waals surface area contributed by atoms with E-state index in [4.69, 9.17) is 10.00 Å². The minimum atomic E-state index is -4.58. The van der Waals surface area contributed by atoms with Crippen LogP contribution in [0.25, 0.3) is 6.08 Å². The molecule has 0 saturated carbocycles. The van der Waals surface area contributed by atoms with Gasteiger partial charge in [0.05, 0.1) is 12.2 Å². The highest BCUT2D eigenvalue weighted by atomic mass is 19.4. The molecule has 0 fully saturated rings. The van der Waals surface area contributed by atoms with Gasteiger partial charge in [-0.3, -0.25) is 4.79 Å². The zero-order valence-electron chi connectivity index (χ0n) is 13.8. The Kier molecular flexibility index (Phi) is 6.02. The summed E-state index contributed by atoms with van der Waals surface area (Å²) in [6.07, 6.45) is -3.66. The van der Waals surface area contributed by atoms with Gasteiger partial charge in [0.2, 0.25) is 0 Å². The minimum Gasteiger partial charge on any atom is -0.494 e. The number of benzene rings is 2. The molecule has 0 spiro atoms. The molecule has 1 N–H and O–H groups in total. The van der Waals surface area contributed by atoms with E-state index in [0.29, 0.717) is 18.0 Å². The lowest BCUT2D eigenvalue weighted by molar-refractivity contribution is -0.137. The van der Waals surface area contributed by atoms with Crippen molar-refractivity contribution in [3.63, 3.8) is 0 Å². The Bertz CT molecular complexity index is 850. The van der Waals surface area contributed by atoms with Crippen LogP contribution < -0.4 is 10.1 Å². The van der Waals surface area contributed by atoms with Crippen LogP contribution in [0, 0.1) is 11.3 Å². The Morgan fingerprint density at radius 1 is 1.19 bits per heavy atom. The molecule has 0 aliphatic rings. The van der Waals surface area contributed by atoms with Gasteiger partial charge >= 0.3 is 6.18 Å². The number of nitrogens with one attached hydrogen (secondary N) is 1. The molecule has 2 aromatic rings. The largest absolute Gasteiger partial charge is 0.494 e. The molecule has 2 aromatic carbocycles. The average Bonchev–Trinajstić information content (AvgIpc) is 2.61. The molecule has 0 unspecified atom stereocenters. The number of hydrogen-bond acceptors (Lipinski definition) is 3. The van der Waals surface area contributed by atoms with Crippen LogP contribution in [-0.4, -0.2) is 12.5 Å². The van der Waals surface area contributed by atoms with Gasteiger partial charge in [0.1, 0.15) is 17.4 Å². The number of halogens is 3. The maximum Gasteiger partial charge on any atom is 0.416 e. The summed E-state index contributed by atoms with van der Waals surface area (Å²) < 4.78 is 44.4.